The first-order chi connectivity index (χ1) is 7.55. The molecule has 0 fully saturated rings. The molecule has 0 atom stereocenters. The predicted octanol–water partition coefficient (Wildman–Crippen LogP) is 0.458. The first kappa shape index (κ1) is 14.1. The predicted molar refractivity (Wildman–Crippen MR) is 59.8 cm³/mol. The van der Waals surface area contributed by atoms with E-state index >= 15 is 0 Å². The van der Waals surface area contributed by atoms with Crippen LogP contribution in [0.1, 0.15) is 26.7 Å². The number of rotatable bonds is 4. The van der Waals surface area contributed by atoms with Gasteiger partial charge in [0, 0.05) is 12.8 Å². The van der Waals surface area contributed by atoms with Gasteiger partial charge in [0.05, 0.1) is 7.11 Å². The molecule has 0 aliphatic carbocycles. The first-order valence-electron chi connectivity index (χ1n) is 4.72. The zero-order valence-corrected chi connectivity index (χ0v) is 9.72. The van der Waals surface area contributed by atoms with Crippen molar-refractivity contribution in [2.75, 3.05) is 7.11 Å². The Balaban J connectivity index is 5.31. The van der Waals surface area contributed by atoms with E-state index in [9.17, 15) is 9.59 Å². The molecule has 0 saturated carbocycles. The molecule has 86 valence electrons. The Kier molecular flexibility index (Phi) is 5.74. The molecule has 0 aromatic carbocycles. The van der Waals surface area contributed by atoms with Crippen molar-refractivity contribution < 1.29 is 14.3 Å². The Morgan fingerprint density at radius 3 is 1.88 bits per heavy atom. The summed E-state index contributed by atoms with van der Waals surface area (Å²) in [5, 5.41) is 0. The second kappa shape index (κ2) is 6.53. The highest BCUT2D eigenvalue weighted by molar-refractivity contribution is 6.02. The number of methoxy groups -OCH3 is 1. The Bertz CT molecular complexity index is 368. The normalized spacial score (nSPS) is 9.19. The van der Waals surface area contributed by atoms with Gasteiger partial charge in [0.1, 0.15) is 0 Å². The molecule has 0 aliphatic rings. The van der Waals surface area contributed by atoms with Gasteiger partial charge in [0.15, 0.2) is 5.41 Å². The van der Waals surface area contributed by atoms with E-state index in [2.05, 4.69) is 28.4 Å². The third-order valence-corrected chi connectivity index (χ3v) is 2.18. The van der Waals surface area contributed by atoms with E-state index in [1.807, 2.05) is 0 Å². The van der Waals surface area contributed by atoms with Gasteiger partial charge < -0.3 is 10.5 Å². The zero-order valence-electron chi connectivity index (χ0n) is 9.72. The highest BCUT2D eigenvalue weighted by Gasteiger charge is 2.44. The van der Waals surface area contributed by atoms with Crippen molar-refractivity contribution in [2.24, 2.45) is 11.1 Å². The Morgan fingerprint density at radius 1 is 1.19 bits per heavy atom. The maximum Gasteiger partial charge on any atom is 0.323 e. The summed E-state index contributed by atoms with van der Waals surface area (Å²) in [4.78, 5) is 23.0. The van der Waals surface area contributed by atoms with Crippen molar-refractivity contribution in [3.05, 3.63) is 0 Å². The van der Waals surface area contributed by atoms with Gasteiger partial charge in [0.25, 0.3) is 0 Å². The number of hydrogen-bond acceptors (Lipinski definition) is 3. The Morgan fingerprint density at radius 2 is 1.62 bits per heavy atom. The summed E-state index contributed by atoms with van der Waals surface area (Å²) >= 11 is 0. The molecular formula is C12H15NO3. The molecule has 0 spiro atoms. The second-order valence-corrected chi connectivity index (χ2v) is 3.15. The third kappa shape index (κ3) is 3.03. The van der Waals surface area contributed by atoms with Crippen LogP contribution in [0.4, 0.5) is 0 Å². The number of carbonyl (C=O) groups is 2. The second-order valence-electron chi connectivity index (χ2n) is 3.15. The number of amides is 1. The number of hydrogen-bond donors (Lipinski definition) is 1. The molecule has 0 bridgehead atoms. The largest absolute Gasteiger partial charge is 0.468 e. The van der Waals surface area contributed by atoms with Gasteiger partial charge in [-0.3, -0.25) is 9.59 Å². The average molecular weight is 221 g/mol. The lowest BCUT2D eigenvalue weighted by Gasteiger charge is -2.23. The van der Waals surface area contributed by atoms with Crippen molar-refractivity contribution >= 4 is 11.9 Å². The summed E-state index contributed by atoms with van der Waals surface area (Å²) < 4.78 is 4.60. The monoisotopic (exact) mass is 221 g/mol. The van der Waals surface area contributed by atoms with Crippen LogP contribution in [0, 0.1) is 29.1 Å². The van der Waals surface area contributed by atoms with Crippen LogP contribution in [-0.4, -0.2) is 19.0 Å². The van der Waals surface area contributed by atoms with Gasteiger partial charge in [-0.2, -0.15) is 0 Å². The molecule has 4 nitrogen and oxygen atoms in total. The smallest absolute Gasteiger partial charge is 0.323 e. The summed E-state index contributed by atoms with van der Waals surface area (Å²) in [6, 6.07) is 0. The van der Waals surface area contributed by atoms with Crippen LogP contribution in [0.2, 0.25) is 0 Å². The lowest BCUT2D eigenvalue weighted by Crippen LogP contribution is -2.44. The van der Waals surface area contributed by atoms with Crippen LogP contribution in [0.15, 0.2) is 0 Å². The van der Waals surface area contributed by atoms with Gasteiger partial charge in [-0.25, -0.2) is 0 Å². The fourth-order valence-electron chi connectivity index (χ4n) is 1.16. The number of nitrogens with two attached hydrogens (primary N) is 1. The molecule has 1 amide bonds. The minimum atomic E-state index is -1.46. The molecule has 0 aromatic rings. The van der Waals surface area contributed by atoms with Gasteiger partial charge in [-0.15, -0.1) is 23.7 Å². The summed E-state index contributed by atoms with van der Waals surface area (Å²) in [7, 11) is 1.21. The van der Waals surface area contributed by atoms with E-state index in [-0.39, 0.29) is 12.8 Å². The summed E-state index contributed by atoms with van der Waals surface area (Å²) in [5.74, 6) is 9.14. The first-order valence-corrected chi connectivity index (χ1v) is 4.72. The SMILES string of the molecule is CC#CCC(CC#CC)(C(N)=O)C(=O)OC. The topological polar surface area (TPSA) is 69.4 Å². The van der Waals surface area contributed by atoms with Crippen molar-refractivity contribution in [1.29, 1.82) is 0 Å². The van der Waals surface area contributed by atoms with Crippen LogP contribution < -0.4 is 5.73 Å². The summed E-state index contributed by atoms with van der Waals surface area (Å²) in [6.07, 6.45) is 0.0559. The molecule has 0 radical (unpaired) electrons. The number of esters is 1. The fourth-order valence-corrected chi connectivity index (χ4v) is 1.16. The van der Waals surface area contributed by atoms with Gasteiger partial charge >= 0.3 is 5.97 Å². The standard InChI is InChI=1S/C12H15NO3/c1-4-6-8-12(10(13)14,9-7-5-2)11(15)16-3/h8-9H2,1-3H3,(H2,13,14). The van der Waals surface area contributed by atoms with Crippen LogP contribution >= 0.6 is 0 Å². The lowest BCUT2D eigenvalue weighted by atomic mass is 9.80. The van der Waals surface area contributed by atoms with Crippen LogP contribution in [0.5, 0.6) is 0 Å². The van der Waals surface area contributed by atoms with Crippen molar-refractivity contribution in [3.63, 3.8) is 0 Å². The highest BCUT2D eigenvalue weighted by Crippen LogP contribution is 2.27. The fraction of sp³-hybridized carbons (Fsp3) is 0.500. The highest BCUT2D eigenvalue weighted by atomic mass is 16.5. The van der Waals surface area contributed by atoms with E-state index in [4.69, 9.17) is 5.73 Å². The number of primary amides is 1. The minimum absolute atomic E-state index is 0.0280. The number of ether oxygens (including phenoxy) is 1. The maximum absolute atomic E-state index is 11.6. The maximum atomic E-state index is 11.6. The Hall–Kier alpha value is -1.94. The third-order valence-electron chi connectivity index (χ3n) is 2.18. The average Bonchev–Trinajstić information content (AvgIpc) is 2.28. The van der Waals surface area contributed by atoms with Gasteiger partial charge in [-0.1, -0.05) is 0 Å². The zero-order chi connectivity index (χ0) is 12.6. The van der Waals surface area contributed by atoms with Crippen LogP contribution in [0.25, 0.3) is 0 Å². The molecule has 0 aliphatic heterocycles. The lowest BCUT2D eigenvalue weighted by molar-refractivity contribution is -0.157. The van der Waals surface area contributed by atoms with E-state index in [1.165, 1.54) is 7.11 Å². The van der Waals surface area contributed by atoms with E-state index in [0.29, 0.717) is 0 Å². The molecule has 2 N–H and O–H groups in total. The van der Waals surface area contributed by atoms with Crippen molar-refractivity contribution in [1.82, 2.24) is 0 Å². The molecule has 0 unspecified atom stereocenters. The molecule has 16 heavy (non-hydrogen) atoms. The molecule has 0 heterocycles. The summed E-state index contributed by atoms with van der Waals surface area (Å²) in [5.41, 5.74) is 3.80. The van der Waals surface area contributed by atoms with Crippen molar-refractivity contribution in [2.45, 2.75) is 26.7 Å². The Labute approximate surface area is 95.5 Å². The van der Waals surface area contributed by atoms with Gasteiger partial charge in [0.2, 0.25) is 5.91 Å². The summed E-state index contributed by atoms with van der Waals surface area (Å²) in [6.45, 7) is 3.24. The van der Waals surface area contributed by atoms with E-state index in [0.717, 1.165) is 0 Å². The number of carbonyl (C=O) groups excluding carboxylic acids is 2. The molecular weight excluding hydrogens is 206 g/mol. The minimum Gasteiger partial charge on any atom is -0.468 e. The van der Waals surface area contributed by atoms with Crippen LogP contribution in [0.3, 0.4) is 0 Å². The van der Waals surface area contributed by atoms with E-state index in [1.54, 1.807) is 13.8 Å². The molecule has 0 rings (SSSR count). The van der Waals surface area contributed by atoms with Crippen LogP contribution in [-0.2, 0) is 14.3 Å². The van der Waals surface area contributed by atoms with Crippen molar-refractivity contribution in [3.8, 4) is 23.7 Å². The molecule has 0 saturated heterocycles. The molecule has 4 heteroatoms. The quantitative estimate of drug-likeness (QED) is 0.426. The van der Waals surface area contributed by atoms with E-state index < -0.39 is 17.3 Å². The van der Waals surface area contributed by atoms with Gasteiger partial charge in [-0.05, 0) is 13.8 Å². The molecule has 0 aromatic heterocycles.